The second kappa shape index (κ2) is 5.68. The second-order valence-corrected chi connectivity index (χ2v) is 8.19. The van der Waals surface area contributed by atoms with Crippen molar-refractivity contribution in [2.75, 3.05) is 45.0 Å². The number of hydrogen-bond donors (Lipinski definition) is 1. The van der Waals surface area contributed by atoms with Crippen molar-refractivity contribution in [3.8, 4) is 0 Å². The highest BCUT2D eigenvalue weighted by Gasteiger charge is 2.40. The van der Waals surface area contributed by atoms with Crippen molar-refractivity contribution < 1.29 is 8.42 Å². The molecule has 5 nitrogen and oxygen atoms in total. The van der Waals surface area contributed by atoms with Crippen molar-refractivity contribution in [3.63, 3.8) is 0 Å². The van der Waals surface area contributed by atoms with E-state index in [1.54, 1.807) is 0 Å². The lowest BCUT2D eigenvalue weighted by Crippen LogP contribution is -2.46. The summed E-state index contributed by atoms with van der Waals surface area (Å²) in [7, 11) is -3.04. The summed E-state index contributed by atoms with van der Waals surface area (Å²) in [5.41, 5.74) is 0. The predicted octanol–water partition coefficient (Wildman–Crippen LogP) is 0.0958. The van der Waals surface area contributed by atoms with E-state index in [0.29, 0.717) is 24.3 Å². The van der Waals surface area contributed by atoms with Gasteiger partial charge in [0.2, 0.25) is 10.0 Å². The third-order valence-electron chi connectivity index (χ3n) is 4.32. The van der Waals surface area contributed by atoms with Gasteiger partial charge in [-0.1, -0.05) is 0 Å². The summed E-state index contributed by atoms with van der Waals surface area (Å²) in [5, 5.41) is 3.30. The van der Waals surface area contributed by atoms with E-state index >= 15 is 0 Å². The molecular weight excluding hydrogens is 262 g/mol. The van der Waals surface area contributed by atoms with Gasteiger partial charge >= 0.3 is 0 Å². The first-order chi connectivity index (χ1) is 9.15. The Hall–Kier alpha value is -0.170. The molecule has 0 bridgehead atoms. The monoisotopic (exact) mass is 287 g/mol. The highest BCUT2D eigenvalue weighted by Crippen LogP contribution is 2.36. The molecule has 3 fully saturated rings. The van der Waals surface area contributed by atoms with E-state index in [-0.39, 0.29) is 0 Å². The summed E-state index contributed by atoms with van der Waals surface area (Å²) in [6.45, 7) is 5.39. The molecule has 0 atom stereocenters. The highest BCUT2D eigenvalue weighted by atomic mass is 32.2. The van der Waals surface area contributed by atoms with E-state index in [4.69, 9.17) is 0 Å². The zero-order valence-corrected chi connectivity index (χ0v) is 12.4. The average Bonchev–Trinajstić information content (AvgIpc) is 3.28. The molecule has 2 aliphatic carbocycles. The lowest BCUT2D eigenvalue weighted by molar-refractivity contribution is 0.252. The largest absolute Gasteiger partial charge is 0.314 e. The third kappa shape index (κ3) is 3.90. The molecule has 2 saturated carbocycles. The number of nitrogens with one attached hydrogen (secondary N) is 1. The van der Waals surface area contributed by atoms with E-state index in [1.165, 1.54) is 12.8 Å². The zero-order valence-electron chi connectivity index (χ0n) is 11.6. The van der Waals surface area contributed by atoms with Crippen LogP contribution in [0.15, 0.2) is 0 Å². The summed E-state index contributed by atoms with van der Waals surface area (Å²) in [5.74, 6) is 0.950. The van der Waals surface area contributed by atoms with Gasteiger partial charge in [0.05, 0.1) is 5.75 Å². The topological polar surface area (TPSA) is 52.7 Å². The molecule has 0 amide bonds. The number of nitrogens with zero attached hydrogens (tertiary/aromatic N) is 2. The molecule has 6 heteroatoms. The Morgan fingerprint density at radius 3 is 2.37 bits per heavy atom. The SMILES string of the molecule is O=S(=O)(CCN1CCNCC1)N(CC1CC1)C1CC1. The molecule has 1 N–H and O–H groups in total. The van der Waals surface area contributed by atoms with Crippen molar-refractivity contribution in [3.05, 3.63) is 0 Å². The first-order valence-electron chi connectivity index (χ1n) is 7.58. The Kier molecular flexibility index (Phi) is 4.12. The molecule has 0 aromatic rings. The third-order valence-corrected chi connectivity index (χ3v) is 6.18. The van der Waals surface area contributed by atoms with Gasteiger partial charge in [-0.15, -0.1) is 0 Å². The average molecular weight is 287 g/mol. The van der Waals surface area contributed by atoms with Crippen molar-refractivity contribution >= 4 is 10.0 Å². The van der Waals surface area contributed by atoms with Gasteiger partial charge in [0.1, 0.15) is 0 Å². The molecule has 1 saturated heterocycles. The Morgan fingerprint density at radius 1 is 1.11 bits per heavy atom. The number of piperazine rings is 1. The van der Waals surface area contributed by atoms with Crippen LogP contribution in [-0.4, -0.2) is 68.7 Å². The van der Waals surface area contributed by atoms with Crippen LogP contribution in [0.1, 0.15) is 25.7 Å². The fourth-order valence-electron chi connectivity index (χ4n) is 2.70. The number of hydrogen-bond acceptors (Lipinski definition) is 4. The maximum absolute atomic E-state index is 12.5. The smallest absolute Gasteiger partial charge is 0.215 e. The summed E-state index contributed by atoms with van der Waals surface area (Å²) < 4.78 is 26.8. The van der Waals surface area contributed by atoms with Crippen LogP contribution in [0.25, 0.3) is 0 Å². The van der Waals surface area contributed by atoms with Gasteiger partial charge in [0.15, 0.2) is 0 Å². The minimum atomic E-state index is -3.04. The Bertz CT molecular complexity index is 398. The standard InChI is InChI=1S/C13H25N3O2S/c17-19(18,10-9-15-7-5-14-6-8-15)16(13-3-4-13)11-12-1-2-12/h12-14H,1-11H2. The first-order valence-corrected chi connectivity index (χ1v) is 9.19. The lowest BCUT2D eigenvalue weighted by Gasteiger charge is -2.28. The molecule has 0 aromatic carbocycles. The second-order valence-electron chi connectivity index (χ2n) is 6.15. The molecule has 0 aromatic heterocycles. The fourth-order valence-corrected chi connectivity index (χ4v) is 4.53. The normalized spacial score (nSPS) is 25.9. The van der Waals surface area contributed by atoms with E-state index in [1.807, 2.05) is 4.31 Å². The summed E-state index contributed by atoms with van der Waals surface area (Å²) in [6, 6.07) is 0.327. The molecule has 1 aliphatic heterocycles. The van der Waals surface area contributed by atoms with E-state index < -0.39 is 10.0 Å². The van der Waals surface area contributed by atoms with Gasteiger partial charge < -0.3 is 5.32 Å². The van der Waals surface area contributed by atoms with Crippen LogP contribution in [0.3, 0.4) is 0 Å². The van der Waals surface area contributed by atoms with Crippen LogP contribution < -0.4 is 5.32 Å². The van der Waals surface area contributed by atoms with Crippen LogP contribution in [0, 0.1) is 5.92 Å². The van der Waals surface area contributed by atoms with Gasteiger partial charge in [-0.2, -0.15) is 4.31 Å². The van der Waals surface area contributed by atoms with Gasteiger partial charge in [0, 0.05) is 45.3 Å². The Morgan fingerprint density at radius 2 is 1.79 bits per heavy atom. The van der Waals surface area contributed by atoms with Crippen LogP contribution in [0.4, 0.5) is 0 Å². The van der Waals surface area contributed by atoms with Gasteiger partial charge in [-0.25, -0.2) is 8.42 Å². The quantitative estimate of drug-likeness (QED) is 0.721. The molecule has 3 rings (SSSR count). The molecule has 0 unspecified atom stereocenters. The molecular formula is C13H25N3O2S. The van der Waals surface area contributed by atoms with Crippen LogP contribution in [0.5, 0.6) is 0 Å². The van der Waals surface area contributed by atoms with Crippen LogP contribution >= 0.6 is 0 Å². The summed E-state index contributed by atoms with van der Waals surface area (Å²) in [6.07, 6.45) is 4.58. The van der Waals surface area contributed by atoms with Crippen molar-refractivity contribution in [1.29, 1.82) is 0 Å². The Labute approximate surface area is 116 Å². The minimum Gasteiger partial charge on any atom is -0.314 e. The molecule has 0 radical (unpaired) electrons. The van der Waals surface area contributed by atoms with Gasteiger partial charge in [0.25, 0.3) is 0 Å². The minimum absolute atomic E-state index is 0.302. The number of sulfonamides is 1. The molecule has 1 heterocycles. The fraction of sp³-hybridized carbons (Fsp3) is 1.00. The zero-order chi connectivity index (χ0) is 13.3. The van der Waals surface area contributed by atoms with Gasteiger partial charge in [-0.05, 0) is 31.6 Å². The van der Waals surface area contributed by atoms with Crippen LogP contribution in [-0.2, 0) is 10.0 Å². The van der Waals surface area contributed by atoms with E-state index in [9.17, 15) is 8.42 Å². The van der Waals surface area contributed by atoms with Crippen molar-refractivity contribution in [1.82, 2.24) is 14.5 Å². The maximum Gasteiger partial charge on any atom is 0.215 e. The molecule has 19 heavy (non-hydrogen) atoms. The molecule has 110 valence electrons. The highest BCUT2D eigenvalue weighted by molar-refractivity contribution is 7.89. The van der Waals surface area contributed by atoms with Crippen molar-refractivity contribution in [2.45, 2.75) is 31.7 Å². The predicted molar refractivity (Wildman–Crippen MR) is 75.5 cm³/mol. The van der Waals surface area contributed by atoms with E-state index in [0.717, 1.165) is 45.6 Å². The van der Waals surface area contributed by atoms with E-state index in [2.05, 4.69) is 10.2 Å². The first kappa shape index (κ1) is 13.8. The van der Waals surface area contributed by atoms with Gasteiger partial charge in [-0.3, -0.25) is 4.90 Å². The van der Waals surface area contributed by atoms with Crippen LogP contribution in [0.2, 0.25) is 0 Å². The summed E-state index contributed by atoms with van der Waals surface area (Å²) in [4.78, 5) is 2.26. The van der Waals surface area contributed by atoms with Crippen molar-refractivity contribution in [2.24, 2.45) is 5.92 Å². The molecule has 0 spiro atoms. The summed E-state index contributed by atoms with van der Waals surface area (Å²) >= 11 is 0. The number of rotatable bonds is 7. The lowest BCUT2D eigenvalue weighted by atomic mass is 10.4. The Balaban J connectivity index is 1.53. The molecule has 3 aliphatic rings. The maximum atomic E-state index is 12.5.